The first-order valence-electron chi connectivity index (χ1n) is 11.6. The van der Waals surface area contributed by atoms with Gasteiger partial charge in [-0.15, -0.1) is 0 Å². The summed E-state index contributed by atoms with van der Waals surface area (Å²) in [7, 11) is 0. The fraction of sp³-hybridized carbons (Fsp3) is 0.250. The number of benzene rings is 3. The minimum atomic E-state index is -0.724. The molecule has 0 aliphatic heterocycles. The summed E-state index contributed by atoms with van der Waals surface area (Å²) in [6.07, 6.45) is 0. The van der Waals surface area contributed by atoms with Crippen molar-refractivity contribution in [3.05, 3.63) is 84.4 Å². The van der Waals surface area contributed by atoms with Crippen molar-refractivity contribution in [2.45, 2.75) is 33.3 Å². The number of carbonyl (C=O) groups is 3. The van der Waals surface area contributed by atoms with Crippen molar-refractivity contribution in [2.24, 2.45) is 0 Å². The molecule has 0 aliphatic rings. The van der Waals surface area contributed by atoms with E-state index >= 15 is 0 Å². The normalized spacial score (nSPS) is 10.8. The minimum absolute atomic E-state index is 0.347. The number of anilines is 2. The molecule has 3 aromatic carbocycles. The molecule has 0 saturated carbocycles. The zero-order valence-corrected chi connectivity index (χ0v) is 20.9. The van der Waals surface area contributed by atoms with Crippen molar-refractivity contribution < 1.29 is 23.9 Å². The topological polar surface area (TPSA) is 97.0 Å². The summed E-state index contributed by atoms with van der Waals surface area (Å²) in [6, 6.07) is 22.7. The summed E-state index contributed by atoms with van der Waals surface area (Å²) < 4.78 is 11.4. The third kappa shape index (κ3) is 8.16. The van der Waals surface area contributed by atoms with Crippen LogP contribution in [0.1, 0.15) is 26.3 Å². The number of hydrogen-bond donors (Lipinski definition) is 2. The predicted octanol–water partition coefficient (Wildman–Crippen LogP) is 5.28. The molecule has 36 heavy (non-hydrogen) atoms. The van der Waals surface area contributed by atoms with E-state index in [1.165, 1.54) is 4.90 Å². The number of carbonyl (C=O) groups excluding carboxylic acids is 3. The second kappa shape index (κ2) is 11.9. The number of urea groups is 1. The van der Waals surface area contributed by atoms with Gasteiger partial charge in [-0.25, -0.2) is 4.79 Å². The third-order valence-electron chi connectivity index (χ3n) is 4.81. The summed E-state index contributed by atoms with van der Waals surface area (Å²) >= 11 is 0. The van der Waals surface area contributed by atoms with Gasteiger partial charge in [0, 0.05) is 5.69 Å². The van der Waals surface area contributed by atoms with Gasteiger partial charge in [-0.05, 0) is 69.7 Å². The average Bonchev–Trinajstić information content (AvgIpc) is 2.81. The standard InChI is InChI=1S/C28H31N3O5/c1-20-11-10-12-21(17-20)30-27(34)29-18-25(32)31(19-26(33)36-28(2,3)4)23-15-8-9-16-24(23)35-22-13-6-5-7-14-22/h5-17H,18-19H2,1-4H3,(H2,29,30,34). The molecule has 0 radical (unpaired) electrons. The number of aryl methyl sites for hydroxylation is 1. The first-order chi connectivity index (χ1) is 17.1. The lowest BCUT2D eigenvalue weighted by atomic mass is 10.2. The maximum atomic E-state index is 13.3. The van der Waals surface area contributed by atoms with Gasteiger partial charge in [0.25, 0.3) is 0 Å². The van der Waals surface area contributed by atoms with Gasteiger partial charge in [-0.2, -0.15) is 0 Å². The van der Waals surface area contributed by atoms with Crippen LogP contribution in [0.3, 0.4) is 0 Å². The van der Waals surface area contributed by atoms with Crippen LogP contribution in [0.25, 0.3) is 0 Å². The fourth-order valence-corrected chi connectivity index (χ4v) is 3.34. The molecule has 0 fully saturated rings. The Morgan fingerprint density at radius 3 is 2.28 bits per heavy atom. The van der Waals surface area contributed by atoms with Crippen LogP contribution in [-0.2, 0) is 14.3 Å². The summed E-state index contributed by atoms with van der Waals surface area (Å²) in [5.74, 6) is -0.144. The van der Waals surface area contributed by atoms with Crippen LogP contribution in [0, 0.1) is 6.92 Å². The van der Waals surface area contributed by atoms with Gasteiger partial charge in [0.1, 0.15) is 17.9 Å². The SMILES string of the molecule is Cc1cccc(NC(=O)NCC(=O)N(CC(=O)OC(C)(C)C)c2ccccc2Oc2ccccc2)c1. The molecule has 188 valence electrons. The smallest absolute Gasteiger partial charge is 0.326 e. The highest BCUT2D eigenvalue weighted by molar-refractivity contribution is 6.02. The number of nitrogens with one attached hydrogen (secondary N) is 2. The Kier molecular flexibility index (Phi) is 8.67. The van der Waals surface area contributed by atoms with Crippen LogP contribution < -0.4 is 20.3 Å². The largest absolute Gasteiger partial charge is 0.459 e. The van der Waals surface area contributed by atoms with Gasteiger partial charge in [0.2, 0.25) is 5.91 Å². The molecule has 0 saturated heterocycles. The Morgan fingerprint density at radius 1 is 0.889 bits per heavy atom. The minimum Gasteiger partial charge on any atom is -0.459 e. The lowest BCUT2D eigenvalue weighted by Crippen LogP contribution is -2.45. The molecular weight excluding hydrogens is 458 g/mol. The van der Waals surface area contributed by atoms with Crippen LogP contribution in [0.2, 0.25) is 0 Å². The van der Waals surface area contributed by atoms with E-state index in [1.807, 2.05) is 43.3 Å². The Bertz CT molecular complexity index is 1210. The van der Waals surface area contributed by atoms with Gasteiger partial charge in [-0.1, -0.05) is 42.5 Å². The molecule has 8 heteroatoms. The molecule has 0 bridgehead atoms. The average molecular weight is 490 g/mol. The van der Waals surface area contributed by atoms with E-state index in [2.05, 4.69) is 10.6 Å². The van der Waals surface area contributed by atoms with Crippen molar-refractivity contribution in [1.82, 2.24) is 5.32 Å². The first kappa shape index (κ1) is 26.3. The molecule has 0 aromatic heterocycles. The van der Waals surface area contributed by atoms with Crippen LogP contribution in [0.15, 0.2) is 78.9 Å². The van der Waals surface area contributed by atoms with Crippen molar-refractivity contribution in [3.8, 4) is 11.5 Å². The Labute approximate surface area is 211 Å². The second-order valence-corrected chi connectivity index (χ2v) is 9.13. The maximum Gasteiger partial charge on any atom is 0.326 e. The van der Waals surface area contributed by atoms with Gasteiger partial charge in [0.05, 0.1) is 12.2 Å². The summed E-state index contributed by atoms with van der Waals surface area (Å²) in [5, 5.41) is 5.25. The van der Waals surface area contributed by atoms with Crippen LogP contribution in [0.4, 0.5) is 16.2 Å². The molecule has 3 amide bonds. The first-order valence-corrected chi connectivity index (χ1v) is 11.6. The Balaban J connectivity index is 1.79. The predicted molar refractivity (Wildman–Crippen MR) is 139 cm³/mol. The quantitative estimate of drug-likeness (QED) is 0.420. The van der Waals surface area contributed by atoms with Gasteiger partial charge >= 0.3 is 12.0 Å². The number of esters is 1. The van der Waals surface area contributed by atoms with E-state index in [9.17, 15) is 14.4 Å². The Morgan fingerprint density at radius 2 is 1.58 bits per heavy atom. The molecule has 8 nitrogen and oxygen atoms in total. The monoisotopic (exact) mass is 489 g/mol. The van der Waals surface area contributed by atoms with E-state index in [4.69, 9.17) is 9.47 Å². The lowest BCUT2D eigenvalue weighted by molar-refractivity contribution is -0.153. The van der Waals surface area contributed by atoms with E-state index < -0.39 is 23.5 Å². The fourth-order valence-electron chi connectivity index (χ4n) is 3.34. The van der Waals surface area contributed by atoms with E-state index in [1.54, 1.807) is 63.2 Å². The number of para-hydroxylation sites is 3. The van der Waals surface area contributed by atoms with Crippen molar-refractivity contribution in [3.63, 3.8) is 0 Å². The summed E-state index contributed by atoms with van der Waals surface area (Å²) in [5.41, 5.74) is 1.24. The molecule has 0 heterocycles. The lowest BCUT2D eigenvalue weighted by Gasteiger charge is -2.26. The highest BCUT2D eigenvalue weighted by atomic mass is 16.6. The maximum absolute atomic E-state index is 13.3. The van der Waals surface area contributed by atoms with Crippen LogP contribution in [0.5, 0.6) is 11.5 Å². The molecule has 0 spiro atoms. The summed E-state index contributed by atoms with van der Waals surface area (Å²) in [6.45, 7) is 6.46. The molecule has 3 rings (SSSR count). The van der Waals surface area contributed by atoms with Crippen molar-refractivity contribution >= 4 is 29.3 Å². The number of hydrogen-bond acceptors (Lipinski definition) is 5. The summed E-state index contributed by atoms with van der Waals surface area (Å²) in [4.78, 5) is 39.6. The molecule has 3 aromatic rings. The third-order valence-corrected chi connectivity index (χ3v) is 4.81. The molecule has 2 N–H and O–H groups in total. The molecule has 0 aliphatic carbocycles. The van der Waals surface area contributed by atoms with E-state index in [-0.39, 0.29) is 13.1 Å². The number of amides is 3. The van der Waals surface area contributed by atoms with Gasteiger partial charge in [0.15, 0.2) is 5.75 Å². The van der Waals surface area contributed by atoms with Crippen molar-refractivity contribution in [2.75, 3.05) is 23.3 Å². The molecule has 0 unspecified atom stereocenters. The van der Waals surface area contributed by atoms with E-state index in [0.29, 0.717) is 22.9 Å². The van der Waals surface area contributed by atoms with Gasteiger partial charge in [-0.3, -0.25) is 14.5 Å². The molecule has 0 atom stereocenters. The Hall–Kier alpha value is -4.33. The second-order valence-electron chi connectivity index (χ2n) is 9.13. The van der Waals surface area contributed by atoms with E-state index in [0.717, 1.165) is 5.56 Å². The van der Waals surface area contributed by atoms with Gasteiger partial charge < -0.3 is 20.1 Å². The van der Waals surface area contributed by atoms with Crippen LogP contribution >= 0.6 is 0 Å². The number of ether oxygens (including phenoxy) is 2. The number of nitrogens with zero attached hydrogens (tertiary/aromatic N) is 1. The zero-order valence-electron chi connectivity index (χ0n) is 20.9. The number of rotatable bonds is 8. The van der Waals surface area contributed by atoms with Crippen molar-refractivity contribution in [1.29, 1.82) is 0 Å². The molecular formula is C28H31N3O5. The highest BCUT2D eigenvalue weighted by Crippen LogP contribution is 2.32. The highest BCUT2D eigenvalue weighted by Gasteiger charge is 2.26. The zero-order chi connectivity index (χ0) is 26.1. The van der Waals surface area contributed by atoms with Crippen LogP contribution in [-0.4, -0.2) is 36.6 Å².